The minimum Gasteiger partial charge on any atom is -0.494 e. The van der Waals surface area contributed by atoms with Crippen LogP contribution in [0.15, 0.2) is 146 Å². The van der Waals surface area contributed by atoms with Crippen molar-refractivity contribution >= 4 is 35.5 Å². The molecule has 11 nitrogen and oxygen atoms in total. The van der Waals surface area contributed by atoms with E-state index in [2.05, 4.69) is 0 Å². The molecule has 1 aliphatic heterocycles. The minimum atomic E-state index is -1.55. The third kappa shape index (κ3) is 10.5. The highest BCUT2D eigenvalue weighted by molar-refractivity contribution is 6.17. The standard InChI is InChI=1S/C43H37ClO11/c44-26-13-27-49-33-22-24-34(25-23-33)51-43-38(55-42(48)32-20-11-4-12-21-32)37(54-41(47)31-18-9-3-10-19-31)36(53-40(46)30-16-7-2-8-17-30)35(52-43)28-50-39(45)29-14-5-1-6-15-29/h1-12,14-25,35-38,43H,13,26-28H2/t35?,36-,37?,38?,43+/m1/s1. The lowest BCUT2D eigenvalue weighted by Gasteiger charge is -2.44. The second-order valence-electron chi connectivity index (χ2n) is 12.2. The minimum absolute atomic E-state index is 0.171. The van der Waals surface area contributed by atoms with Crippen LogP contribution in [0.25, 0.3) is 0 Å². The van der Waals surface area contributed by atoms with Gasteiger partial charge in [-0.15, -0.1) is 11.6 Å². The number of ether oxygens (including phenoxy) is 7. The van der Waals surface area contributed by atoms with Gasteiger partial charge in [0.15, 0.2) is 12.2 Å². The van der Waals surface area contributed by atoms with Crippen molar-refractivity contribution < 1.29 is 52.3 Å². The second-order valence-corrected chi connectivity index (χ2v) is 12.6. The van der Waals surface area contributed by atoms with Crippen LogP contribution in [0.5, 0.6) is 11.5 Å². The highest BCUT2D eigenvalue weighted by Crippen LogP contribution is 2.33. The first-order chi connectivity index (χ1) is 26.9. The smallest absolute Gasteiger partial charge is 0.338 e. The van der Waals surface area contributed by atoms with Crippen molar-refractivity contribution in [1.29, 1.82) is 0 Å². The van der Waals surface area contributed by atoms with Gasteiger partial charge in [0.25, 0.3) is 0 Å². The van der Waals surface area contributed by atoms with Crippen LogP contribution in [-0.2, 0) is 23.7 Å². The molecule has 5 aromatic rings. The molecule has 0 N–H and O–H groups in total. The molecule has 5 aromatic carbocycles. The van der Waals surface area contributed by atoms with Gasteiger partial charge in [0.05, 0.1) is 28.9 Å². The predicted molar refractivity (Wildman–Crippen MR) is 200 cm³/mol. The van der Waals surface area contributed by atoms with Gasteiger partial charge < -0.3 is 33.2 Å². The fraction of sp³-hybridized carbons (Fsp3) is 0.209. The molecule has 1 fully saturated rings. The monoisotopic (exact) mass is 764 g/mol. The lowest BCUT2D eigenvalue weighted by atomic mass is 9.97. The van der Waals surface area contributed by atoms with E-state index >= 15 is 0 Å². The summed E-state index contributed by atoms with van der Waals surface area (Å²) in [5.41, 5.74) is 0.799. The maximum atomic E-state index is 13.8. The van der Waals surface area contributed by atoms with Crippen molar-refractivity contribution in [2.45, 2.75) is 37.1 Å². The Hall–Kier alpha value is -6.17. The maximum Gasteiger partial charge on any atom is 0.338 e. The largest absolute Gasteiger partial charge is 0.494 e. The topological polar surface area (TPSA) is 133 Å². The third-order valence-electron chi connectivity index (χ3n) is 8.36. The fourth-order valence-corrected chi connectivity index (χ4v) is 5.72. The molecule has 1 saturated heterocycles. The van der Waals surface area contributed by atoms with Crippen LogP contribution in [-0.4, -0.2) is 73.7 Å². The Morgan fingerprint density at radius 2 is 0.927 bits per heavy atom. The summed E-state index contributed by atoms with van der Waals surface area (Å²) in [6.07, 6.45) is -6.71. The number of benzene rings is 5. The van der Waals surface area contributed by atoms with E-state index in [0.717, 1.165) is 0 Å². The zero-order valence-corrected chi connectivity index (χ0v) is 30.2. The van der Waals surface area contributed by atoms with Crippen LogP contribution in [0.3, 0.4) is 0 Å². The van der Waals surface area contributed by atoms with E-state index in [4.69, 9.17) is 44.8 Å². The molecule has 3 unspecified atom stereocenters. The van der Waals surface area contributed by atoms with Gasteiger partial charge in [0, 0.05) is 5.88 Å². The first-order valence-electron chi connectivity index (χ1n) is 17.5. The van der Waals surface area contributed by atoms with Crippen molar-refractivity contribution in [3.05, 3.63) is 168 Å². The summed E-state index contributed by atoms with van der Waals surface area (Å²) in [7, 11) is 0. The molecular weight excluding hydrogens is 728 g/mol. The van der Waals surface area contributed by atoms with Crippen LogP contribution in [0, 0.1) is 0 Å². The lowest BCUT2D eigenvalue weighted by molar-refractivity contribution is -0.275. The molecule has 0 aliphatic carbocycles. The zero-order valence-electron chi connectivity index (χ0n) is 29.4. The molecule has 1 heterocycles. The summed E-state index contributed by atoms with van der Waals surface area (Å²) in [4.78, 5) is 54.3. The Kier molecular flexibility index (Phi) is 13.5. The molecule has 0 bridgehead atoms. The van der Waals surface area contributed by atoms with E-state index in [1.54, 1.807) is 146 Å². The Bertz CT molecular complexity index is 2000. The lowest BCUT2D eigenvalue weighted by Crippen LogP contribution is -2.63. The van der Waals surface area contributed by atoms with Crippen molar-refractivity contribution in [2.75, 3.05) is 19.1 Å². The summed E-state index contributed by atoms with van der Waals surface area (Å²) in [5.74, 6) is -1.82. The van der Waals surface area contributed by atoms with Gasteiger partial charge in [-0.05, 0) is 79.2 Å². The average Bonchev–Trinajstić information content (AvgIpc) is 3.23. The van der Waals surface area contributed by atoms with Crippen molar-refractivity contribution in [2.24, 2.45) is 0 Å². The highest BCUT2D eigenvalue weighted by atomic mass is 35.5. The Morgan fingerprint density at radius 1 is 0.509 bits per heavy atom. The molecule has 0 saturated carbocycles. The average molecular weight is 765 g/mol. The normalized spacial score (nSPS) is 19.0. The molecule has 0 radical (unpaired) electrons. The SMILES string of the molecule is O=C(OCC1O[C@H](Oc2ccc(OCCCCl)cc2)C(OC(=O)c2ccccc2)C(OC(=O)c2ccccc2)[C@@H]1OC(=O)c1ccccc1)c1ccccc1. The number of alkyl halides is 1. The van der Waals surface area contributed by atoms with Crippen LogP contribution in [0.4, 0.5) is 0 Å². The van der Waals surface area contributed by atoms with E-state index in [9.17, 15) is 19.2 Å². The zero-order chi connectivity index (χ0) is 38.4. The summed E-state index contributed by atoms with van der Waals surface area (Å²) < 4.78 is 42.4. The summed E-state index contributed by atoms with van der Waals surface area (Å²) >= 11 is 5.78. The quantitative estimate of drug-likeness (QED) is 0.0459. The molecule has 0 aromatic heterocycles. The number of carbonyl (C=O) groups is 4. The van der Waals surface area contributed by atoms with E-state index in [-0.39, 0.29) is 28.0 Å². The van der Waals surface area contributed by atoms with Gasteiger partial charge in [-0.1, -0.05) is 72.8 Å². The van der Waals surface area contributed by atoms with Gasteiger partial charge >= 0.3 is 23.9 Å². The summed E-state index contributed by atoms with van der Waals surface area (Å²) in [6.45, 7) is -0.0691. The molecule has 6 rings (SSSR count). The number of hydrogen-bond acceptors (Lipinski definition) is 11. The first kappa shape index (κ1) is 38.6. The molecule has 1 aliphatic rings. The number of esters is 4. The van der Waals surface area contributed by atoms with Gasteiger partial charge in [-0.2, -0.15) is 0 Å². The van der Waals surface area contributed by atoms with E-state index in [0.29, 0.717) is 24.7 Å². The summed E-state index contributed by atoms with van der Waals surface area (Å²) in [5, 5.41) is 0. The predicted octanol–water partition coefficient (Wildman–Crippen LogP) is 7.33. The van der Waals surface area contributed by atoms with Crippen molar-refractivity contribution in [3.8, 4) is 11.5 Å². The molecule has 12 heteroatoms. The molecule has 5 atom stereocenters. The maximum absolute atomic E-state index is 13.8. The Labute approximate surface area is 322 Å². The van der Waals surface area contributed by atoms with Gasteiger partial charge in [0.2, 0.25) is 12.4 Å². The molecule has 55 heavy (non-hydrogen) atoms. The molecule has 0 amide bonds. The van der Waals surface area contributed by atoms with E-state index in [1.807, 2.05) is 0 Å². The first-order valence-corrected chi connectivity index (χ1v) is 18.0. The van der Waals surface area contributed by atoms with Crippen LogP contribution < -0.4 is 9.47 Å². The van der Waals surface area contributed by atoms with Crippen LogP contribution in [0.1, 0.15) is 47.9 Å². The highest BCUT2D eigenvalue weighted by Gasteiger charge is 2.54. The van der Waals surface area contributed by atoms with E-state index in [1.165, 1.54) is 0 Å². The van der Waals surface area contributed by atoms with Gasteiger partial charge in [0.1, 0.15) is 24.2 Å². The molecule has 0 spiro atoms. The number of halogens is 1. The second kappa shape index (κ2) is 19.2. The number of carbonyl (C=O) groups excluding carboxylic acids is 4. The third-order valence-corrected chi connectivity index (χ3v) is 8.63. The van der Waals surface area contributed by atoms with Gasteiger partial charge in [-0.3, -0.25) is 0 Å². The summed E-state index contributed by atoms with van der Waals surface area (Å²) in [6, 6.07) is 39.3. The number of rotatable bonds is 15. The van der Waals surface area contributed by atoms with Crippen molar-refractivity contribution in [1.82, 2.24) is 0 Å². The van der Waals surface area contributed by atoms with Crippen LogP contribution in [0.2, 0.25) is 0 Å². The Balaban J connectivity index is 1.39. The van der Waals surface area contributed by atoms with E-state index < -0.39 is 61.2 Å². The van der Waals surface area contributed by atoms with Gasteiger partial charge in [-0.25, -0.2) is 19.2 Å². The molecule has 282 valence electrons. The number of hydrogen-bond donors (Lipinski definition) is 0. The van der Waals surface area contributed by atoms with Crippen LogP contribution >= 0.6 is 11.6 Å². The van der Waals surface area contributed by atoms with Crippen molar-refractivity contribution in [3.63, 3.8) is 0 Å². The molecular formula is C43H37ClO11. The Morgan fingerprint density at radius 3 is 1.40 bits per heavy atom. The fourth-order valence-electron chi connectivity index (χ4n) is 5.62.